The number of fused-ring (bicyclic) bond motifs is 1. The van der Waals surface area contributed by atoms with E-state index in [0.29, 0.717) is 0 Å². The second-order valence-electron chi connectivity index (χ2n) is 2.02. The highest BCUT2D eigenvalue weighted by molar-refractivity contribution is 5.90. The molecule has 1 heterocycles. The van der Waals surface area contributed by atoms with E-state index in [-0.39, 0.29) is 0 Å². The van der Waals surface area contributed by atoms with Gasteiger partial charge in [0.25, 0.3) is 6.21 Å². The van der Waals surface area contributed by atoms with E-state index in [4.69, 9.17) is 0 Å². The standard InChI is InChI=1S/C8H5N2/c1-2-4-8-7(3-1)5-6-9-10-8/h2-6H/q+1. The van der Waals surface area contributed by atoms with Crippen LogP contribution in [0.2, 0.25) is 0 Å². The summed E-state index contributed by atoms with van der Waals surface area (Å²) >= 11 is 0. The van der Waals surface area contributed by atoms with E-state index in [0.717, 1.165) is 10.6 Å². The Hall–Kier alpha value is -1.44. The quantitative estimate of drug-likeness (QED) is 0.439. The first-order valence-electron chi connectivity index (χ1n) is 3.04. The van der Waals surface area contributed by atoms with Crippen LogP contribution in [0.4, 0.5) is 0 Å². The van der Waals surface area contributed by atoms with Gasteiger partial charge >= 0.3 is 0 Å². The average Bonchev–Trinajstić information content (AvgIpc) is 2.05. The molecule has 2 rings (SSSR count). The molecule has 0 aliphatic carbocycles. The zero-order chi connectivity index (χ0) is 6.81. The van der Waals surface area contributed by atoms with Crippen molar-refractivity contribution in [3.05, 3.63) is 34.8 Å². The maximum absolute atomic E-state index is 3.91. The number of nitrogens with zero attached hydrogens (tertiary/aromatic N) is 2. The minimum absolute atomic E-state index is 0.918. The lowest BCUT2D eigenvalue weighted by atomic mass is 10.2. The molecule has 1 aromatic carbocycles. The smallest absolute Gasteiger partial charge is 0.0520 e. The third-order valence-corrected chi connectivity index (χ3v) is 1.36. The Labute approximate surface area is 58.2 Å². The van der Waals surface area contributed by atoms with E-state index < -0.39 is 0 Å². The zero-order valence-corrected chi connectivity index (χ0v) is 5.28. The summed E-state index contributed by atoms with van der Waals surface area (Å²) in [5.41, 5.74) is 0. The fourth-order valence-electron chi connectivity index (χ4n) is 0.869. The van der Waals surface area contributed by atoms with Gasteiger partial charge in [-0.25, -0.2) is 0 Å². The zero-order valence-electron chi connectivity index (χ0n) is 5.28. The first-order valence-corrected chi connectivity index (χ1v) is 3.04. The van der Waals surface area contributed by atoms with Crippen LogP contribution < -0.4 is 15.7 Å². The van der Waals surface area contributed by atoms with Crippen molar-refractivity contribution in [2.24, 2.45) is 5.10 Å². The largest absolute Gasteiger partial charge is 0.278 e. The van der Waals surface area contributed by atoms with Gasteiger partial charge in [0.15, 0.2) is 0 Å². The van der Waals surface area contributed by atoms with Crippen molar-refractivity contribution in [2.75, 3.05) is 0 Å². The Morgan fingerprint density at radius 1 is 1.50 bits per heavy atom. The Kier molecular flexibility index (Phi) is 1.10. The van der Waals surface area contributed by atoms with Crippen LogP contribution in [0.1, 0.15) is 0 Å². The minimum atomic E-state index is 0.918. The van der Waals surface area contributed by atoms with Gasteiger partial charge in [0.1, 0.15) is 5.36 Å². The van der Waals surface area contributed by atoms with Gasteiger partial charge in [0.05, 0.1) is 5.10 Å². The molecule has 1 aromatic rings. The molecule has 0 saturated heterocycles. The van der Waals surface area contributed by atoms with Crippen LogP contribution in [0.25, 0.3) is 6.08 Å². The van der Waals surface area contributed by atoms with Gasteiger partial charge in [-0.1, -0.05) is 6.07 Å². The topological polar surface area (TPSA) is 26.5 Å². The molecular formula is C8H5N2+. The molecule has 1 aliphatic rings. The molecule has 2 nitrogen and oxygen atoms in total. The average molecular weight is 129 g/mol. The summed E-state index contributed by atoms with van der Waals surface area (Å²) in [6.45, 7) is 0. The summed E-state index contributed by atoms with van der Waals surface area (Å²) in [5.74, 6) is 0. The lowest BCUT2D eigenvalue weighted by molar-refractivity contribution is 1.02. The van der Waals surface area contributed by atoms with Crippen molar-refractivity contribution in [3.8, 4) is 0 Å². The molecule has 0 N–H and O–H groups in total. The highest BCUT2D eigenvalue weighted by atomic mass is 15.2. The molecule has 0 fully saturated rings. The van der Waals surface area contributed by atoms with E-state index >= 15 is 0 Å². The molecule has 2 heteroatoms. The highest BCUT2D eigenvalue weighted by Crippen LogP contribution is 1.70. The fourth-order valence-corrected chi connectivity index (χ4v) is 0.869. The first kappa shape index (κ1) is 5.35. The predicted octanol–water partition coefficient (Wildman–Crippen LogP) is -0.778. The van der Waals surface area contributed by atoms with Crippen LogP contribution >= 0.6 is 0 Å². The number of hydrogen-bond donors (Lipinski definition) is 0. The molecule has 0 amide bonds. The van der Waals surface area contributed by atoms with Crippen LogP contribution in [0.3, 0.4) is 0 Å². The Bertz CT molecular complexity index is 339. The van der Waals surface area contributed by atoms with Crippen molar-refractivity contribution in [3.63, 3.8) is 0 Å². The number of rotatable bonds is 0. The molecule has 0 saturated carbocycles. The van der Waals surface area contributed by atoms with Gasteiger partial charge in [0.2, 0.25) is 5.10 Å². The van der Waals surface area contributed by atoms with Gasteiger partial charge < -0.3 is 0 Å². The molecule has 0 bridgehead atoms. The summed E-state index contributed by atoms with van der Waals surface area (Å²) in [6.07, 6.45) is 3.59. The van der Waals surface area contributed by atoms with Crippen LogP contribution in [-0.4, -0.2) is 6.21 Å². The SMILES string of the molecule is [c]1ccc2c(c1)=CC=[N+]N=2. The second-order valence-corrected chi connectivity index (χ2v) is 2.02. The molecule has 0 unspecified atom stereocenters. The molecule has 1 aliphatic heterocycles. The maximum Gasteiger partial charge on any atom is 0.278 e. The van der Waals surface area contributed by atoms with Gasteiger partial charge in [-0.2, -0.15) is 0 Å². The summed E-state index contributed by atoms with van der Waals surface area (Å²) in [6, 6.07) is 8.58. The Morgan fingerprint density at radius 3 is 3.40 bits per heavy atom. The normalized spacial score (nSPS) is 13.2. The molecule has 46 valence electrons. The molecule has 0 atom stereocenters. The predicted molar refractivity (Wildman–Crippen MR) is 38.7 cm³/mol. The van der Waals surface area contributed by atoms with Crippen LogP contribution in [-0.2, 0) is 0 Å². The number of hydrogen-bond acceptors (Lipinski definition) is 2. The fraction of sp³-hybridized carbons (Fsp3) is 0. The third kappa shape index (κ3) is 0.739. The summed E-state index contributed by atoms with van der Waals surface area (Å²) in [5, 5.41) is 9.66. The van der Waals surface area contributed by atoms with Gasteiger partial charge in [-0.05, 0) is 18.2 Å². The van der Waals surface area contributed by atoms with Crippen LogP contribution in [0.5, 0.6) is 0 Å². The monoisotopic (exact) mass is 129 g/mol. The summed E-state index contributed by atoms with van der Waals surface area (Å²) in [7, 11) is 0. The van der Waals surface area contributed by atoms with Crippen molar-refractivity contribution >= 4 is 12.3 Å². The Morgan fingerprint density at radius 2 is 2.50 bits per heavy atom. The summed E-state index contributed by atoms with van der Waals surface area (Å²) < 4.78 is 0. The van der Waals surface area contributed by atoms with Crippen molar-refractivity contribution in [1.29, 1.82) is 0 Å². The van der Waals surface area contributed by atoms with E-state index in [1.165, 1.54) is 0 Å². The summed E-state index contributed by atoms with van der Waals surface area (Å²) in [4.78, 5) is 0. The van der Waals surface area contributed by atoms with Crippen molar-refractivity contribution in [1.82, 2.24) is 5.10 Å². The van der Waals surface area contributed by atoms with Gasteiger partial charge in [-0.3, -0.25) is 0 Å². The maximum atomic E-state index is 3.91. The lowest BCUT2D eigenvalue weighted by Gasteiger charge is -1.81. The van der Waals surface area contributed by atoms with E-state index in [1.54, 1.807) is 6.21 Å². The molecule has 10 heavy (non-hydrogen) atoms. The van der Waals surface area contributed by atoms with Gasteiger partial charge in [-0.15, -0.1) is 0 Å². The molecule has 0 spiro atoms. The van der Waals surface area contributed by atoms with Gasteiger partial charge in [0, 0.05) is 11.3 Å². The van der Waals surface area contributed by atoms with E-state index in [9.17, 15) is 0 Å². The van der Waals surface area contributed by atoms with E-state index in [1.807, 2.05) is 24.3 Å². The molecule has 2 radical (unpaired) electrons. The second kappa shape index (κ2) is 2.06. The Balaban J connectivity index is 2.92. The molecule has 0 aromatic heterocycles. The van der Waals surface area contributed by atoms with Crippen molar-refractivity contribution < 1.29 is 0 Å². The molecular weight excluding hydrogens is 124 g/mol. The minimum Gasteiger partial charge on any atom is -0.0520 e. The van der Waals surface area contributed by atoms with Crippen LogP contribution in [0.15, 0.2) is 23.3 Å². The highest BCUT2D eigenvalue weighted by Gasteiger charge is 1.95. The van der Waals surface area contributed by atoms with Crippen molar-refractivity contribution in [2.45, 2.75) is 0 Å². The van der Waals surface area contributed by atoms with Crippen LogP contribution in [0, 0.1) is 6.07 Å². The third-order valence-electron chi connectivity index (χ3n) is 1.36. The number of benzene rings is 1. The van der Waals surface area contributed by atoms with E-state index in [2.05, 4.69) is 16.3 Å². The first-order chi connectivity index (χ1) is 4.97. The lowest BCUT2D eigenvalue weighted by Crippen LogP contribution is -2.27.